The van der Waals surface area contributed by atoms with Crippen molar-refractivity contribution in [2.45, 2.75) is 24.6 Å². The highest BCUT2D eigenvalue weighted by Gasteiger charge is 2.47. The van der Waals surface area contributed by atoms with Crippen molar-refractivity contribution in [1.29, 1.82) is 0 Å². The number of rotatable bonds is 6. The van der Waals surface area contributed by atoms with Crippen molar-refractivity contribution in [3.05, 3.63) is 77.6 Å². The third kappa shape index (κ3) is 3.47. The number of carbonyl (C=O) groups is 1. The standard InChI is InChI=1S/C18H17F3N2O3/c1-11(15-8-3-4-9-23-15)12(2)17(26-22,16(24)25)13-6-5-7-14(10-13)18(19,20)21/h3-11H,2,22H2,1H3,(H,24,25). The summed E-state index contributed by atoms with van der Waals surface area (Å²) in [7, 11) is 0. The van der Waals surface area contributed by atoms with Crippen molar-refractivity contribution in [2.75, 3.05) is 0 Å². The summed E-state index contributed by atoms with van der Waals surface area (Å²) in [5.41, 5.74) is -3.23. The lowest BCUT2D eigenvalue weighted by molar-refractivity contribution is -0.163. The minimum absolute atomic E-state index is 0.0504. The lowest BCUT2D eigenvalue weighted by atomic mass is 9.79. The van der Waals surface area contributed by atoms with Crippen LogP contribution in [0.2, 0.25) is 0 Å². The Morgan fingerprint density at radius 3 is 2.38 bits per heavy atom. The summed E-state index contributed by atoms with van der Waals surface area (Å²) in [5.74, 6) is 3.05. The van der Waals surface area contributed by atoms with Gasteiger partial charge >= 0.3 is 12.1 Å². The summed E-state index contributed by atoms with van der Waals surface area (Å²) in [6, 6.07) is 8.83. The highest BCUT2D eigenvalue weighted by Crippen LogP contribution is 2.41. The Hall–Kier alpha value is -2.71. The number of nitrogens with zero attached hydrogens (tertiary/aromatic N) is 1. The molecule has 2 aromatic rings. The Morgan fingerprint density at radius 2 is 1.88 bits per heavy atom. The first-order valence-corrected chi connectivity index (χ1v) is 7.53. The average Bonchev–Trinajstić information content (AvgIpc) is 2.62. The molecule has 2 atom stereocenters. The SMILES string of the molecule is C=C(C(C)c1ccccn1)C(ON)(C(=O)O)c1cccc(C(F)(F)F)c1. The number of alkyl halides is 3. The summed E-state index contributed by atoms with van der Waals surface area (Å²) < 4.78 is 39.1. The van der Waals surface area contributed by atoms with E-state index in [0.29, 0.717) is 11.8 Å². The largest absolute Gasteiger partial charge is 0.479 e. The molecule has 3 N–H and O–H groups in total. The first-order chi connectivity index (χ1) is 12.1. The summed E-state index contributed by atoms with van der Waals surface area (Å²) in [6.45, 7) is 5.38. The monoisotopic (exact) mass is 366 g/mol. The predicted molar refractivity (Wildman–Crippen MR) is 87.8 cm³/mol. The number of nitrogens with two attached hydrogens (primary N) is 1. The van der Waals surface area contributed by atoms with Crippen LogP contribution in [0.15, 0.2) is 60.8 Å². The average molecular weight is 366 g/mol. The molecule has 0 radical (unpaired) electrons. The third-order valence-electron chi connectivity index (χ3n) is 4.18. The smallest absolute Gasteiger partial charge is 0.416 e. The van der Waals surface area contributed by atoms with E-state index in [4.69, 9.17) is 10.7 Å². The fourth-order valence-corrected chi connectivity index (χ4v) is 2.67. The highest BCUT2D eigenvalue weighted by molar-refractivity contribution is 5.84. The molecule has 1 aromatic carbocycles. The van der Waals surface area contributed by atoms with E-state index in [0.717, 1.165) is 12.1 Å². The van der Waals surface area contributed by atoms with Crippen LogP contribution in [0.5, 0.6) is 0 Å². The summed E-state index contributed by atoms with van der Waals surface area (Å²) in [6.07, 6.45) is -3.14. The van der Waals surface area contributed by atoms with Crippen LogP contribution in [0.3, 0.4) is 0 Å². The van der Waals surface area contributed by atoms with E-state index in [-0.39, 0.29) is 11.1 Å². The molecule has 8 heteroatoms. The maximum Gasteiger partial charge on any atom is 0.416 e. The second-order valence-electron chi connectivity index (χ2n) is 5.68. The number of aliphatic carboxylic acids is 1. The zero-order chi connectivity index (χ0) is 19.5. The third-order valence-corrected chi connectivity index (χ3v) is 4.18. The van der Waals surface area contributed by atoms with Gasteiger partial charge in [0.1, 0.15) is 0 Å². The predicted octanol–water partition coefficient (Wildman–Crippen LogP) is 3.63. The van der Waals surface area contributed by atoms with Crippen molar-refractivity contribution in [3.8, 4) is 0 Å². The molecule has 2 unspecified atom stereocenters. The molecule has 1 aromatic heterocycles. The van der Waals surface area contributed by atoms with Crippen LogP contribution >= 0.6 is 0 Å². The maximum absolute atomic E-state index is 13.0. The van der Waals surface area contributed by atoms with Crippen molar-refractivity contribution in [2.24, 2.45) is 5.90 Å². The topological polar surface area (TPSA) is 85.4 Å². The van der Waals surface area contributed by atoms with Gasteiger partial charge in [0, 0.05) is 23.4 Å². The molecule has 0 aliphatic rings. The van der Waals surface area contributed by atoms with Crippen molar-refractivity contribution in [3.63, 3.8) is 0 Å². The first-order valence-electron chi connectivity index (χ1n) is 7.53. The van der Waals surface area contributed by atoms with E-state index in [9.17, 15) is 23.1 Å². The minimum atomic E-state index is -4.65. The lowest BCUT2D eigenvalue weighted by Gasteiger charge is -2.33. The van der Waals surface area contributed by atoms with Gasteiger partial charge in [0.25, 0.3) is 0 Å². The lowest BCUT2D eigenvalue weighted by Crippen LogP contribution is -2.44. The highest BCUT2D eigenvalue weighted by atomic mass is 19.4. The van der Waals surface area contributed by atoms with Crippen LogP contribution in [-0.4, -0.2) is 16.1 Å². The molecule has 2 rings (SSSR count). The van der Waals surface area contributed by atoms with Gasteiger partial charge in [-0.2, -0.15) is 13.2 Å². The van der Waals surface area contributed by atoms with Crippen molar-refractivity contribution < 1.29 is 27.9 Å². The molecule has 0 bridgehead atoms. The summed E-state index contributed by atoms with van der Waals surface area (Å²) in [5, 5.41) is 9.77. The number of halogens is 3. The molecule has 0 aliphatic heterocycles. The van der Waals surface area contributed by atoms with E-state index < -0.39 is 29.2 Å². The van der Waals surface area contributed by atoms with Gasteiger partial charge in [-0.05, 0) is 29.8 Å². The fourth-order valence-electron chi connectivity index (χ4n) is 2.67. The van der Waals surface area contributed by atoms with Gasteiger partial charge < -0.3 is 5.11 Å². The van der Waals surface area contributed by atoms with Gasteiger partial charge in [-0.25, -0.2) is 10.7 Å². The van der Waals surface area contributed by atoms with Gasteiger partial charge in [0.15, 0.2) is 0 Å². The molecule has 1 heterocycles. The zero-order valence-electron chi connectivity index (χ0n) is 13.8. The van der Waals surface area contributed by atoms with Gasteiger partial charge in [-0.15, -0.1) is 0 Å². The number of carboxylic acids is 1. The van der Waals surface area contributed by atoms with E-state index in [1.165, 1.54) is 12.3 Å². The Balaban J connectivity index is 2.59. The van der Waals surface area contributed by atoms with Gasteiger partial charge in [0.05, 0.1) is 5.56 Å². The molecule has 0 aliphatic carbocycles. The van der Waals surface area contributed by atoms with Crippen LogP contribution in [0.4, 0.5) is 13.2 Å². The Bertz CT molecular complexity index is 809. The molecule has 0 saturated carbocycles. The van der Waals surface area contributed by atoms with E-state index in [1.807, 2.05) is 0 Å². The molecule has 5 nitrogen and oxygen atoms in total. The number of hydrogen-bond donors (Lipinski definition) is 2. The van der Waals surface area contributed by atoms with E-state index in [1.54, 1.807) is 25.1 Å². The minimum Gasteiger partial charge on any atom is -0.479 e. The number of aromatic nitrogens is 1. The van der Waals surface area contributed by atoms with Gasteiger partial charge in [-0.3, -0.25) is 9.82 Å². The number of carboxylic acid groups (broad SMARTS) is 1. The Morgan fingerprint density at radius 1 is 1.23 bits per heavy atom. The van der Waals surface area contributed by atoms with Crippen molar-refractivity contribution in [1.82, 2.24) is 4.98 Å². The van der Waals surface area contributed by atoms with Crippen LogP contribution < -0.4 is 5.90 Å². The Labute approximate surface area is 147 Å². The second-order valence-corrected chi connectivity index (χ2v) is 5.68. The zero-order valence-corrected chi connectivity index (χ0v) is 13.8. The van der Waals surface area contributed by atoms with Crippen LogP contribution in [0.25, 0.3) is 0 Å². The maximum atomic E-state index is 13.0. The first kappa shape index (κ1) is 19.6. The normalized spacial score (nSPS) is 15.1. The molecule has 138 valence electrons. The number of hydrogen-bond acceptors (Lipinski definition) is 4. The summed E-state index contributed by atoms with van der Waals surface area (Å²) in [4.78, 5) is 20.9. The fraction of sp³-hybridized carbons (Fsp3) is 0.222. The van der Waals surface area contributed by atoms with Crippen LogP contribution in [0.1, 0.15) is 29.7 Å². The molecular weight excluding hydrogens is 349 g/mol. The molecule has 0 saturated heterocycles. The van der Waals surface area contributed by atoms with Crippen LogP contribution in [-0.2, 0) is 21.4 Å². The number of pyridine rings is 1. The van der Waals surface area contributed by atoms with Crippen LogP contribution in [0, 0.1) is 0 Å². The van der Waals surface area contributed by atoms with E-state index >= 15 is 0 Å². The van der Waals surface area contributed by atoms with E-state index in [2.05, 4.69) is 11.6 Å². The molecule has 0 amide bonds. The van der Waals surface area contributed by atoms with Crippen molar-refractivity contribution >= 4 is 5.97 Å². The molecule has 0 fully saturated rings. The molecule has 0 spiro atoms. The Kier molecular flexibility index (Phi) is 5.48. The quantitative estimate of drug-likeness (QED) is 0.602. The van der Waals surface area contributed by atoms with Gasteiger partial charge in [-0.1, -0.05) is 31.7 Å². The second kappa shape index (κ2) is 7.27. The molecule has 26 heavy (non-hydrogen) atoms. The number of benzene rings is 1. The molecular formula is C18H17F3N2O3. The summed E-state index contributed by atoms with van der Waals surface area (Å²) >= 11 is 0. The van der Waals surface area contributed by atoms with Gasteiger partial charge in [0.2, 0.25) is 5.60 Å².